The molecule has 0 radical (unpaired) electrons. The van der Waals surface area contributed by atoms with E-state index < -0.39 is 0 Å². The monoisotopic (exact) mass is 546 g/mol. The number of hydrogen-bond acceptors (Lipinski definition) is 1. The highest BCUT2D eigenvalue weighted by molar-refractivity contribution is 6.21. The standard InChI is InChI=1S/C42H26O/c1-2-11-29(12-3-1)40-33-14-6-8-16-35(33)41(36-17-9-7-15-34(36)40)30-20-18-27(19-21-30)31-23-25-39-38(26-31)37-24-22-28-10-4-5-13-32(28)42(37)43-39/h1-26H. The molecule has 9 rings (SSSR count). The van der Waals surface area contributed by atoms with Gasteiger partial charge in [0.25, 0.3) is 0 Å². The lowest BCUT2D eigenvalue weighted by Gasteiger charge is -2.18. The molecule has 0 fully saturated rings. The van der Waals surface area contributed by atoms with Crippen molar-refractivity contribution in [3.63, 3.8) is 0 Å². The quantitative estimate of drug-likeness (QED) is 0.201. The highest BCUT2D eigenvalue weighted by Gasteiger charge is 2.17. The first kappa shape index (κ1) is 24.0. The van der Waals surface area contributed by atoms with Crippen molar-refractivity contribution in [3.05, 3.63) is 158 Å². The van der Waals surface area contributed by atoms with Crippen molar-refractivity contribution >= 4 is 54.3 Å². The molecular formula is C42H26O. The zero-order valence-corrected chi connectivity index (χ0v) is 23.4. The summed E-state index contributed by atoms with van der Waals surface area (Å²) >= 11 is 0. The van der Waals surface area contributed by atoms with Crippen LogP contribution in [0.4, 0.5) is 0 Å². The summed E-state index contributed by atoms with van der Waals surface area (Å²) in [7, 11) is 0. The lowest BCUT2D eigenvalue weighted by Crippen LogP contribution is -1.90. The third-order valence-corrected chi connectivity index (χ3v) is 8.86. The van der Waals surface area contributed by atoms with Gasteiger partial charge >= 0.3 is 0 Å². The van der Waals surface area contributed by atoms with Crippen LogP contribution in [0.2, 0.25) is 0 Å². The predicted octanol–water partition coefficient (Wildman–Crippen LogP) is 12.0. The van der Waals surface area contributed by atoms with Gasteiger partial charge in [-0.25, -0.2) is 0 Å². The van der Waals surface area contributed by atoms with Crippen LogP contribution in [0.15, 0.2) is 162 Å². The largest absolute Gasteiger partial charge is 0.455 e. The van der Waals surface area contributed by atoms with Crippen molar-refractivity contribution in [1.82, 2.24) is 0 Å². The molecule has 0 aliphatic heterocycles. The first-order valence-corrected chi connectivity index (χ1v) is 14.8. The van der Waals surface area contributed by atoms with Gasteiger partial charge in [0, 0.05) is 16.2 Å². The van der Waals surface area contributed by atoms with Crippen molar-refractivity contribution in [2.75, 3.05) is 0 Å². The molecule has 0 amide bonds. The molecule has 0 saturated heterocycles. The second-order valence-electron chi connectivity index (χ2n) is 11.3. The van der Waals surface area contributed by atoms with E-state index in [1.54, 1.807) is 0 Å². The van der Waals surface area contributed by atoms with Crippen LogP contribution in [-0.2, 0) is 0 Å². The van der Waals surface area contributed by atoms with E-state index in [9.17, 15) is 0 Å². The van der Waals surface area contributed by atoms with Crippen LogP contribution in [0.1, 0.15) is 0 Å². The Balaban J connectivity index is 1.20. The van der Waals surface area contributed by atoms with Gasteiger partial charge in [0.05, 0.1) is 0 Å². The summed E-state index contributed by atoms with van der Waals surface area (Å²) < 4.78 is 6.36. The van der Waals surface area contributed by atoms with Gasteiger partial charge in [-0.2, -0.15) is 0 Å². The third kappa shape index (κ3) is 3.72. The second kappa shape index (κ2) is 9.44. The van der Waals surface area contributed by atoms with Crippen molar-refractivity contribution in [2.45, 2.75) is 0 Å². The molecule has 43 heavy (non-hydrogen) atoms. The molecule has 0 saturated carbocycles. The van der Waals surface area contributed by atoms with Crippen LogP contribution in [-0.4, -0.2) is 0 Å². The first-order chi connectivity index (χ1) is 21.3. The Kier molecular flexibility index (Phi) is 5.27. The lowest BCUT2D eigenvalue weighted by atomic mass is 9.86. The molecule has 8 aromatic carbocycles. The maximum absolute atomic E-state index is 6.36. The van der Waals surface area contributed by atoms with E-state index in [-0.39, 0.29) is 0 Å². The smallest absolute Gasteiger partial charge is 0.143 e. The Labute approximate surface area is 249 Å². The van der Waals surface area contributed by atoms with Gasteiger partial charge in [-0.15, -0.1) is 0 Å². The number of rotatable bonds is 3. The second-order valence-corrected chi connectivity index (χ2v) is 11.3. The van der Waals surface area contributed by atoms with Gasteiger partial charge in [-0.3, -0.25) is 0 Å². The van der Waals surface area contributed by atoms with Crippen LogP contribution < -0.4 is 0 Å². The highest BCUT2D eigenvalue weighted by atomic mass is 16.3. The fourth-order valence-corrected chi connectivity index (χ4v) is 6.87. The van der Waals surface area contributed by atoms with Crippen molar-refractivity contribution < 1.29 is 4.42 Å². The Bertz CT molecular complexity index is 2420. The van der Waals surface area contributed by atoms with E-state index in [0.29, 0.717) is 0 Å². The normalized spacial score (nSPS) is 11.7. The molecule has 1 nitrogen and oxygen atoms in total. The summed E-state index contributed by atoms with van der Waals surface area (Å²) in [6, 6.07) is 56.8. The van der Waals surface area contributed by atoms with Crippen LogP contribution in [0.3, 0.4) is 0 Å². The number of fused-ring (bicyclic) bond motifs is 7. The van der Waals surface area contributed by atoms with Crippen LogP contribution in [0, 0.1) is 0 Å². The molecule has 0 bridgehead atoms. The topological polar surface area (TPSA) is 13.1 Å². The Hall–Kier alpha value is -5.66. The Morgan fingerprint density at radius 2 is 0.814 bits per heavy atom. The van der Waals surface area contributed by atoms with Crippen molar-refractivity contribution in [3.8, 4) is 33.4 Å². The van der Waals surface area contributed by atoms with Gasteiger partial charge < -0.3 is 4.42 Å². The maximum atomic E-state index is 6.36. The fourth-order valence-electron chi connectivity index (χ4n) is 6.87. The zero-order chi connectivity index (χ0) is 28.3. The van der Waals surface area contributed by atoms with Crippen molar-refractivity contribution in [1.29, 1.82) is 0 Å². The maximum Gasteiger partial charge on any atom is 0.143 e. The van der Waals surface area contributed by atoms with Gasteiger partial charge in [-0.05, 0) is 78.5 Å². The summed E-state index contributed by atoms with van der Waals surface area (Å²) in [5, 5.41) is 9.74. The molecule has 9 aromatic rings. The van der Waals surface area contributed by atoms with Crippen LogP contribution in [0.5, 0.6) is 0 Å². The molecular weight excluding hydrogens is 520 g/mol. The third-order valence-electron chi connectivity index (χ3n) is 8.86. The van der Waals surface area contributed by atoms with Gasteiger partial charge in [0.1, 0.15) is 11.2 Å². The molecule has 1 heteroatoms. The van der Waals surface area contributed by atoms with E-state index in [4.69, 9.17) is 4.42 Å². The minimum atomic E-state index is 0.920. The molecule has 0 spiro atoms. The molecule has 0 aliphatic carbocycles. The van der Waals surface area contributed by atoms with Gasteiger partial charge in [0.15, 0.2) is 0 Å². The van der Waals surface area contributed by atoms with E-state index in [1.807, 2.05) is 0 Å². The summed E-state index contributed by atoms with van der Waals surface area (Å²) in [5.41, 5.74) is 9.28. The number of benzene rings is 8. The molecule has 1 heterocycles. The fraction of sp³-hybridized carbons (Fsp3) is 0. The first-order valence-electron chi connectivity index (χ1n) is 14.8. The average molecular weight is 547 g/mol. The summed E-state index contributed by atoms with van der Waals surface area (Å²) in [4.78, 5) is 0. The molecule has 0 unspecified atom stereocenters. The molecule has 0 N–H and O–H groups in total. The SMILES string of the molecule is c1ccc(-c2c3ccccc3c(-c3ccc(-c4ccc5oc6c7ccccc7ccc6c5c4)cc3)c3ccccc23)cc1. The number of furan rings is 1. The summed E-state index contributed by atoms with van der Waals surface area (Å²) in [5.74, 6) is 0. The number of hydrogen-bond donors (Lipinski definition) is 0. The lowest BCUT2D eigenvalue weighted by molar-refractivity contribution is 0.672. The van der Waals surface area contributed by atoms with Gasteiger partial charge in [0.2, 0.25) is 0 Å². The van der Waals surface area contributed by atoms with E-state index in [0.717, 1.165) is 27.3 Å². The Morgan fingerprint density at radius 3 is 1.47 bits per heavy atom. The Morgan fingerprint density at radius 1 is 0.302 bits per heavy atom. The summed E-state index contributed by atoms with van der Waals surface area (Å²) in [6.07, 6.45) is 0. The van der Waals surface area contributed by atoms with E-state index in [2.05, 4.69) is 158 Å². The molecule has 0 aliphatic rings. The zero-order valence-electron chi connectivity index (χ0n) is 23.4. The highest BCUT2D eigenvalue weighted by Crippen LogP contribution is 2.44. The molecule has 1 aromatic heterocycles. The van der Waals surface area contributed by atoms with E-state index >= 15 is 0 Å². The van der Waals surface area contributed by atoms with Crippen LogP contribution >= 0.6 is 0 Å². The van der Waals surface area contributed by atoms with Crippen molar-refractivity contribution in [2.24, 2.45) is 0 Å². The minimum absolute atomic E-state index is 0.920. The summed E-state index contributed by atoms with van der Waals surface area (Å²) in [6.45, 7) is 0. The van der Waals surface area contributed by atoms with Gasteiger partial charge in [-0.1, -0.05) is 140 Å². The minimum Gasteiger partial charge on any atom is -0.455 e. The average Bonchev–Trinajstić information content (AvgIpc) is 3.46. The van der Waals surface area contributed by atoms with E-state index in [1.165, 1.54) is 60.3 Å². The van der Waals surface area contributed by atoms with Crippen LogP contribution in [0.25, 0.3) is 87.6 Å². The molecule has 200 valence electrons. The predicted molar refractivity (Wildman–Crippen MR) is 183 cm³/mol. The molecule has 0 atom stereocenters.